The molecule has 0 bridgehead atoms. The Balaban J connectivity index is 2.34. The Morgan fingerprint density at radius 3 is 2.55 bits per heavy atom. The molecule has 1 heterocycles. The van der Waals surface area contributed by atoms with Gasteiger partial charge in [-0.05, 0) is 42.7 Å². The average Bonchev–Trinajstić information content (AvgIpc) is 2.76. The molecule has 0 aromatic carbocycles. The van der Waals surface area contributed by atoms with Gasteiger partial charge in [0.2, 0.25) is 0 Å². The molecule has 0 aliphatic heterocycles. The van der Waals surface area contributed by atoms with E-state index in [0.717, 1.165) is 24.8 Å². The molecule has 0 radical (unpaired) electrons. The number of ketones is 1. The fourth-order valence-electron chi connectivity index (χ4n) is 2.56. The van der Waals surface area contributed by atoms with E-state index in [2.05, 4.69) is 25.9 Å². The molecule has 1 unspecified atom stereocenters. The topological polar surface area (TPSA) is 60.9 Å². The Morgan fingerprint density at radius 2 is 2.05 bits per heavy atom. The molecule has 0 fully saturated rings. The standard InChI is InChI=1S/C16H29N3O/c1-16(2,3)14(9-10-17)6-8-15(20)7-5-13-11-18-19(4)12-13/h11-12,14H,5-10,17H2,1-4H3. The lowest BCUT2D eigenvalue weighted by Gasteiger charge is -2.30. The van der Waals surface area contributed by atoms with Gasteiger partial charge >= 0.3 is 0 Å². The molecule has 0 aliphatic carbocycles. The van der Waals surface area contributed by atoms with Crippen molar-refractivity contribution in [1.82, 2.24) is 9.78 Å². The first-order valence-electron chi connectivity index (χ1n) is 7.52. The fourth-order valence-corrected chi connectivity index (χ4v) is 2.56. The van der Waals surface area contributed by atoms with Crippen LogP contribution in [0.15, 0.2) is 12.4 Å². The summed E-state index contributed by atoms with van der Waals surface area (Å²) in [5, 5.41) is 4.12. The van der Waals surface area contributed by atoms with Gasteiger partial charge in [-0.1, -0.05) is 20.8 Å². The van der Waals surface area contributed by atoms with Gasteiger partial charge in [0, 0.05) is 26.1 Å². The lowest BCUT2D eigenvalue weighted by Crippen LogP contribution is -2.24. The summed E-state index contributed by atoms with van der Waals surface area (Å²) in [7, 11) is 1.89. The molecule has 1 aromatic heterocycles. The Morgan fingerprint density at radius 1 is 1.35 bits per heavy atom. The molecule has 0 saturated carbocycles. The van der Waals surface area contributed by atoms with Crippen molar-refractivity contribution in [1.29, 1.82) is 0 Å². The maximum atomic E-state index is 12.0. The SMILES string of the molecule is Cn1cc(CCC(=O)CCC(CCN)C(C)(C)C)cn1. The second kappa shape index (κ2) is 7.58. The Bertz CT molecular complexity index is 418. The van der Waals surface area contributed by atoms with Crippen LogP contribution in [0.25, 0.3) is 0 Å². The summed E-state index contributed by atoms with van der Waals surface area (Å²) in [6, 6.07) is 0. The minimum atomic E-state index is 0.225. The molecule has 4 nitrogen and oxygen atoms in total. The van der Waals surface area contributed by atoms with Gasteiger partial charge in [-0.15, -0.1) is 0 Å². The number of hydrogen-bond acceptors (Lipinski definition) is 3. The molecule has 4 heteroatoms. The summed E-state index contributed by atoms with van der Waals surface area (Å²) in [5.74, 6) is 0.870. The van der Waals surface area contributed by atoms with E-state index >= 15 is 0 Å². The Hall–Kier alpha value is -1.16. The quantitative estimate of drug-likeness (QED) is 0.796. The molecule has 0 spiro atoms. The summed E-state index contributed by atoms with van der Waals surface area (Å²) in [5.41, 5.74) is 7.03. The largest absolute Gasteiger partial charge is 0.330 e. The summed E-state index contributed by atoms with van der Waals surface area (Å²) in [4.78, 5) is 12.0. The summed E-state index contributed by atoms with van der Waals surface area (Å²) in [6.07, 6.45) is 7.84. The van der Waals surface area contributed by atoms with Crippen molar-refractivity contribution in [3.05, 3.63) is 18.0 Å². The molecule has 0 aliphatic rings. The van der Waals surface area contributed by atoms with Crippen LogP contribution in [0.2, 0.25) is 0 Å². The average molecular weight is 279 g/mol. The van der Waals surface area contributed by atoms with Gasteiger partial charge < -0.3 is 5.73 Å². The minimum absolute atomic E-state index is 0.225. The van der Waals surface area contributed by atoms with Gasteiger partial charge in [0.05, 0.1) is 6.20 Å². The van der Waals surface area contributed by atoms with Crippen LogP contribution in [0.1, 0.15) is 52.0 Å². The van der Waals surface area contributed by atoms with E-state index in [1.165, 1.54) is 0 Å². The summed E-state index contributed by atoms with van der Waals surface area (Å²) >= 11 is 0. The van der Waals surface area contributed by atoms with E-state index in [4.69, 9.17) is 5.73 Å². The van der Waals surface area contributed by atoms with Crippen molar-refractivity contribution in [3.8, 4) is 0 Å². The smallest absolute Gasteiger partial charge is 0.133 e. The van der Waals surface area contributed by atoms with E-state index in [1.807, 2.05) is 19.4 Å². The third-order valence-electron chi connectivity index (χ3n) is 3.96. The zero-order chi connectivity index (χ0) is 15.2. The third-order valence-corrected chi connectivity index (χ3v) is 3.96. The molecule has 0 saturated heterocycles. The maximum Gasteiger partial charge on any atom is 0.133 e. The first kappa shape index (κ1) is 16.9. The zero-order valence-corrected chi connectivity index (χ0v) is 13.4. The zero-order valence-electron chi connectivity index (χ0n) is 13.4. The fraction of sp³-hybridized carbons (Fsp3) is 0.750. The maximum absolute atomic E-state index is 12.0. The minimum Gasteiger partial charge on any atom is -0.330 e. The predicted molar refractivity (Wildman–Crippen MR) is 82.4 cm³/mol. The number of Topliss-reactive ketones (excluding diaryl/α,β-unsaturated/α-hetero) is 1. The Labute approximate surface area is 122 Å². The van der Waals surface area contributed by atoms with E-state index in [0.29, 0.717) is 31.1 Å². The number of carbonyl (C=O) groups is 1. The normalized spacial score (nSPS) is 13.4. The molecule has 0 amide bonds. The van der Waals surface area contributed by atoms with Gasteiger partial charge in [-0.25, -0.2) is 0 Å². The number of carbonyl (C=O) groups excluding carboxylic acids is 1. The second-order valence-electron chi connectivity index (χ2n) is 6.74. The third kappa shape index (κ3) is 5.87. The monoisotopic (exact) mass is 279 g/mol. The Kier molecular flexibility index (Phi) is 6.40. The highest BCUT2D eigenvalue weighted by Crippen LogP contribution is 2.32. The molecular formula is C16H29N3O. The van der Waals surface area contributed by atoms with Crippen LogP contribution in [-0.2, 0) is 18.3 Å². The number of nitrogens with two attached hydrogens (primary N) is 1. The van der Waals surface area contributed by atoms with Crippen molar-refractivity contribution in [2.75, 3.05) is 6.54 Å². The lowest BCUT2D eigenvalue weighted by molar-refractivity contribution is -0.119. The lowest BCUT2D eigenvalue weighted by atomic mass is 9.76. The van der Waals surface area contributed by atoms with Gasteiger partial charge in [0.15, 0.2) is 0 Å². The predicted octanol–water partition coefficient (Wildman–Crippen LogP) is 2.71. The highest BCUT2D eigenvalue weighted by molar-refractivity contribution is 5.78. The van der Waals surface area contributed by atoms with Crippen LogP contribution in [0.4, 0.5) is 0 Å². The number of nitrogens with zero attached hydrogens (tertiary/aromatic N) is 2. The van der Waals surface area contributed by atoms with Gasteiger partial charge in [0.25, 0.3) is 0 Å². The molecule has 1 atom stereocenters. The number of hydrogen-bond donors (Lipinski definition) is 1. The number of aromatic nitrogens is 2. The van der Waals surface area contributed by atoms with Gasteiger partial charge in [-0.2, -0.15) is 5.10 Å². The molecule has 1 rings (SSSR count). The van der Waals surface area contributed by atoms with Crippen LogP contribution in [0.5, 0.6) is 0 Å². The van der Waals surface area contributed by atoms with Crippen LogP contribution in [0, 0.1) is 11.3 Å². The van der Waals surface area contributed by atoms with Crippen molar-refractivity contribution < 1.29 is 4.79 Å². The van der Waals surface area contributed by atoms with Crippen molar-refractivity contribution in [2.24, 2.45) is 24.1 Å². The highest BCUT2D eigenvalue weighted by Gasteiger charge is 2.24. The molecular weight excluding hydrogens is 250 g/mol. The van der Waals surface area contributed by atoms with E-state index in [9.17, 15) is 4.79 Å². The highest BCUT2D eigenvalue weighted by atomic mass is 16.1. The molecule has 1 aromatic rings. The van der Waals surface area contributed by atoms with Crippen LogP contribution in [-0.4, -0.2) is 22.1 Å². The number of aryl methyl sites for hydroxylation is 2. The van der Waals surface area contributed by atoms with Gasteiger partial charge in [-0.3, -0.25) is 9.48 Å². The van der Waals surface area contributed by atoms with Gasteiger partial charge in [0.1, 0.15) is 5.78 Å². The summed E-state index contributed by atoms with van der Waals surface area (Å²) in [6.45, 7) is 7.39. The summed E-state index contributed by atoms with van der Waals surface area (Å²) < 4.78 is 1.77. The van der Waals surface area contributed by atoms with Crippen LogP contribution < -0.4 is 5.73 Å². The van der Waals surface area contributed by atoms with Crippen molar-refractivity contribution in [2.45, 2.75) is 52.9 Å². The van der Waals surface area contributed by atoms with Crippen LogP contribution >= 0.6 is 0 Å². The first-order valence-corrected chi connectivity index (χ1v) is 7.52. The molecule has 2 N–H and O–H groups in total. The second-order valence-corrected chi connectivity index (χ2v) is 6.74. The van der Waals surface area contributed by atoms with Crippen molar-refractivity contribution >= 4 is 5.78 Å². The number of rotatable bonds is 8. The van der Waals surface area contributed by atoms with Crippen molar-refractivity contribution in [3.63, 3.8) is 0 Å². The van der Waals surface area contributed by atoms with E-state index in [1.54, 1.807) is 4.68 Å². The first-order chi connectivity index (χ1) is 9.32. The molecule has 114 valence electrons. The van der Waals surface area contributed by atoms with Crippen LogP contribution in [0.3, 0.4) is 0 Å². The van der Waals surface area contributed by atoms with E-state index in [-0.39, 0.29) is 5.41 Å². The van der Waals surface area contributed by atoms with E-state index < -0.39 is 0 Å². The molecule has 20 heavy (non-hydrogen) atoms.